The molecule has 1 saturated heterocycles. The third-order valence-corrected chi connectivity index (χ3v) is 3.10. The molecule has 0 radical (unpaired) electrons. The second-order valence-electron chi connectivity index (χ2n) is 4.05. The van der Waals surface area contributed by atoms with Crippen LogP contribution in [-0.2, 0) is 4.79 Å². The van der Waals surface area contributed by atoms with Crippen LogP contribution in [0.5, 0.6) is 0 Å². The van der Waals surface area contributed by atoms with Crippen molar-refractivity contribution in [1.29, 1.82) is 0 Å². The zero-order chi connectivity index (χ0) is 10.7. The number of aromatic nitrogens is 1. The van der Waals surface area contributed by atoms with Gasteiger partial charge in [-0.25, -0.2) is 0 Å². The minimum absolute atomic E-state index is 0.263. The number of aromatic amines is 1. The van der Waals surface area contributed by atoms with Gasteiger partial charge < -0.3 is 15.4 Å². The Morgan fingerprint density at radius 2 is 2.20 bits per heavy atom. The number of hydrogen-bond acceptors (Lipinski definition) is 2. The highest BCUT2D eigenvalue weighted by atomic mass is 16.4. The van der Waals surface area contributed by atoms with Crippen LogP contribution in [0, 0.1) is 5.92 Å². The van der Waals surface area contributed by atoms with E-state index in [1.54, 1.807) is 12.4 Å². The molecule has 15 heavy (non-hydrogen) atoms. The van der Waals surface area contributed by atoms with E-state index in [0.29, 0.717) is 0 Å². The predicted molar refractivity (Wildman–Crippen MR) is 56.8 cm³/mol. The van der Waals surface area contributed by atoms with Gasteiger partial charge in [0.15, 0.2) is 0 Å². The third kappa shape index (κ3) is 2.21. The van der Waals surface area contributed by atoms with Crippen molar-refractivity contribution in [2.24, 2.45) is 5.92 Å². The summed E-state index contributed by atoms with van der Waals surface area (Å²) in [7, 11) is 0. The van der Waals surface area contributed by atoms with Crippen molar-refractivity contribution in [1.82, 2.24) is 10.3 Å². The Hall–Kier alpha value is -1.29. The number of hydrogen-bond donors (Lipinski definition) is 3. The van der Waals surface area contributed by atoms with Gasteiger partial charge in [-0.1, -0.05) is 0 Å². The van der Waals surface area contributed by atoms with E-state index < -0.39 is 5.97 Å². The molecule has 0 bridgehead atoms. The van der Waals surface area contributed by atoms with Gasteiger partial charge in [0.2, 0.25) is 0 Å². The first-order chi connectivity index (χ1) is 7.29. The lowest BCUT2D eigenvalue weighted by atomic mass is 9.81. The van der Waals surface area contributed by atoms with E-state index in [1.165, 1.54) is 0 Å². The number of aliphatic carboxylic acids is 1. The predicted octanol–water partition coefficient (Wildman–Crippen LogP) is 1.18. The SMILES string of the molecule is O=C(O)C(c1cc[nH]c1)C1CCNCC1. The fraction of sp³-hybridized carbons (Fsp3) is 0.545. The molecule has 0 aromatic carbocycles. The van der Waals surface area contributed by atoms with Gasteiger partial charge in [-0.15, -0.1) is 0 Å². The van der Waals surface area contributed by atoms with Crippen LogP contribution in [-0.4, -0.2) is 29.1 Å². The first kappa shape index (κ1) is 10.2. The van der Waals surface area contributed by atoms with E-state index in [4.69, 9.17) is 0 Å². The van der Waals surface area contributed by atoms with E-state index in [9.17, 15) is 9.90 Å². The topological polar surface area (TPSA) is 65.1 Å². The molecule has 3 N–H and O–H groups in total. The fourth-order valence-corrected chi connectivity index (χ4v) is 2.32. The smallest absolute Gasteiger partial charge is 0.311 e. The second kappa shape index (κ2) is 4.49. The van der Waals surface area contributed by atoms with Crippen LogP contribution in [0.1, 0.15) is 24.3 Å². The summed E-state index contributed by atoms with van der Waals surface area (Å²) in [5.41, 5.74) is 0.898. The first-order valence-electron chi connectivity index (χ1n) is 5.35. The lowest BCUT2D eigenvalue weighted by Crippen LogP contribution is -2.33. The number of carboxylic acids is 1. The first-order valence-corrected chi connectivity index (χ1v) is 5.35. The molecular weight excluding hydrogens is 192 g/mol. The number of nitrogens with one attached hydrogen (secondary N) is 2. The maximum atomic E-state index is 11.3. The second-order valence-corrected chi connectivity index (χ2v) is 4.05. The molecule has 1 aromatic heterocycles. The van der Waals surface area contributed by atoms with Crippen molar-refractivity contribution in [3.05, 3.63) is 24.0 Å². The summed E-state index contributed by atoms with van der Waals surface area (Å²) in [6.45, 7) is 1.86. The molecule has 0 amide bonds. The summed E-state index contributed by atoms with van der Waals surface area (Å²) < 4.78 is 0. The minimum Gasteiger partial charge on any atom is -0.481 e. The molecule has 1 unspecified atom stereocenters. The summed E-state index contributed by atoms with van der Waals surface area (Å²) >= 11 is 0. The highest BCUT2D eigenvalue weighted by Crippen LogP contribution is 2.30. The molecule has 1 aliphatic rings. The van der Waals surface area contributed by atoms with Gasteiger partial charge in [0, 0.05) is 12.4 Å². The van der Waals surface area contributed by atoms with E-state index in [-0.39, 0.29) is 11.8 Å². The quantitative estimate of drug-likeness (QED) is 0.699. The van der Waals surface area contributed by atoms with Crippen LogP contribution in [0.3, 0.4) is 0 Å². The summed E-state index contributed by atoms with van der Waals surface area (Å²) in [6.07, 6.45) is 5.47. The van der Waals surface area contributed by atoms with Crippen molar-refractivity contribution < 1.29 is 9.90 Å². The third-order valence-electron chi connectivity index (χ3n) is 3.10. The molecule has 1 aliphatic heterocycles. The zero-order valence-corrected chi connectivity index (χ0v) is 8.57. The normalized spacial score (nSPS) is 20.0. The molecular formula is C11H16N2O2. The summed E-state index contributed by atoms with van der Waals surface area (Å²) in [5, 5.41) is 12.5. The zero-order valence-electron chi connectivity index (χ0n) is 8.57. The Balaban J connectivity index is 2.15. The number of carbonyl (C=O) groups is 1. The van der Waals surface area contributed by atoms with Gasteiger partial charge in [-0.3, -0.25) is 4.79 Å². The lowest BCUT2D eigenvalue weighted by molar-refractivity contribution is -0.140. The Morgan fingerprint density at radius 1 is 1.47 bits per heavy atom. The molecule has 4 nitrogen and oxygen atoms in total. The van der Waals surface area contributed by atoms with Crippen molar-refractivity contribution in [3.63, 3.8) is 0 Å². The molecule has 1 fully saturated rings. The maximum Gasteiger partial charge on any atom is 0.311 e. The van der Waals surface area contributed by atoms with Gasteiger partial charge >= 0.3 is 5.97 Å². The number of rotatable bonds is 3. The van der Waals surface area contributed by atoms with E-state index >= 15 is 0 Å². The van der Waals surface area contributed by atoms with Crippen LogP contribution in [0.4, 0.5) is 0 Å². The Labute approximate surface area is 88.7 Å². The number of carboxylic acid groups (broad SMARTS) is 1. The fourth-order valence-electron chi connectivity index (χ4n) is 2.32. The van der Waals surface area contributed by atoms with Gasteiger partial charge in [0.05, 0.1) is 5.92 Å². The maximum absolute atomic E-state index is 11.3. The summed E-state index contributed by atoms with van der Waals surface area (Å²) in [5.74, 6) is -0.792. The van der Waals surface area contributed by atoms with E-state index in [1.807, 2.05) is 6.07 Å². The monoisotopic (exact) mass is 208 g/mol. The molecule has 4 heteroatoms. The van der Waals surface area contributed by atoms with E-state index in [0.717, 1.165) is 31.5 Å². The van der Waals surface area contributed by atoms with Gasteiger partial charge in [0.1, 0.15) is 0 Å². The molecule has 82 valence electrons. The summed E-state index contributed by atoms with van der Waals surface area (Å²) in [6, 6.07) is 1.86. The van der Waals surface area contributed by atoms with Crippen LogP contribution in [0.15, 0.2) is 18.5 Å². The van der Waals surface area contributed by atoms with Gasteiger partial charge in [-0.2, -0.15) is 0 Å². The highest BCUT2D eigenvalue weighted by Gasteiger charge is 2.30. The van der Waals surface area contributed by atoms with Crippen LogP contribution >= 0.6 is 0 Å². The standard InChI is InChI=1S/C11H16N2O2/c14-11(15)10(9-3-6-13-7-9)8-1-4-12-5-2-8/h3,6-8,10,12-13H,1-2,4-5H2,(H,14,15). The van der Waals surface area contributed by atoms with Crippen molar-refractivity contribution in [2.75, 3.05) is 13.1 Å². The Kier molecular flexibility index (Phi) is 3.06. The Morgan fingerprint density at radius 3 is 2.73 bits per heavy atom. The minimum atomic E-state index is -0.707. The molecule has 0 saturated carbocycles. The van der Waals surface area contributed by atoms with Crippen molar-refractivity contribution >= 4 is 5.97 Å². The van der Waals surface area contributed by atoms with Crippen LogP contribution < -0.4 is 5.32 Å². The number of H-pyrrole nitrogens is 1. The lowest BCUT2D eigenvalue weighted by Gasteiger charge is -2.27. The molecule has 2 heterocycles. The summed E-state index contributed by atoms with van der Waals surface area (Å²) in [4.78, 5) is 14.2. The largest absolute Gasteiger partial charge is 0.481 e. The Bertz CT molecular complexity index is 315. The van der Waals surface area contributed by atoms with E-state index in [2.05, 4.69) is 10.3 Å². The molecule has 1 aromatic rings. The van der Waals surface area contributed by atoms with Crippen molar-refractivity contribution in [3.8, 4) is 0 Å². The average Bonchev–Trinajstić information content (AvgIpc) is 2.72. The van der Waals surface area contributed by atoms with Crippen LogP contribution in [0.25, 0.3) is 0 Å². The average molecular weight is 208 g/mol. The molecule has 1 atom stereocenters. The van der Waals surface area contributed by atoms with Gasteiger partial charge in [0.25, 0.3) is 0 Å². The molecule has 2 rings (SSSR count). The molecule has 0 spiro atoms. The van der Waals surface area contributed by atoms with Crippen LogP contribution in [0.2, 0.25) is 0 Å². The highest BCUT2D eigenvalue weighted by molar-refractivity contribution is 5.76. The molecule has 0 aliphatic carbocycles. The van der Waals surface area contributed by atoms with Gasteiger partial charge in [-0.05, 0) is 43.5 Å². The van der Waals surface area contributed by atoms with Crippen molar-refractivity contribution in [2.45, 2.75) is 18.8 Å². The number of piperidine rings is 1.